The Morgan fingerprint density at radius 3 is 1.91 bits per heavy atom. The first-order valence-corrected chi connectivity index (χ1v) is 15.7. The van der Waals surface area contributed by atoms with Crippen LogP contribution in [0, 0.1) is 0 Å². The molecule has 0 radical (unpaired) electrons. The van der Waals surface area contributed by atoms with Crippen LogP contribution in [-0.4, -0.2) is 94.0 Å². The number of benzene rings is 2. The number of carbonyl (C=O) groups is 6. The molecule has 14 heteroatoms. The highest BCUT2D eigenvalue weighted by Gasteiger charge is 2.40. The maximum absolute atomic E-state index is 14.0. The Kier molecular flexibility index (Phi) is 14.3. The van der Waals surface area contributed by atoms with Gasteiger partial charge in [0.2, 0.25) is 23.6 Å². The minimum atomic E-state index is -1.53. The van der Waals surface area contributed by atoms with Crippen molar-refractivity contribution in [3.63, 3.8) is 0 Å². The van der Waals surface area contributed by atoms with E-state index in [0.717, 1.165) is 0 Å². The molecule has 0 spiro atoms. The number of likely N-dealkylation sites (tertiary alicyclic amines) is 1. The van der Waals surface area contributed by atoms with E-state index in [1.54, 1.807) is 60.7 Å². The number of unbranched alkanes of at least 4 members (excludes halogenated alkanes) is 1. The minimum Gasteiger partial charge on any atom is -0.481 e. The van der Waals surface area contributed by atoms with Gasteiger partial charge >= 0.3 is 11.9 Å². The van der Waals surface area contributed by atoms with Gasteiger partial charge in [0.05, 0.1) is 12.5 Å². The lowest BCUT2D eigenvalue weighted by atomic mass is 10.0. The van der Waals surface area contributed by atoms with Crippen LogP contribution in [-0.2, 0) is 41.6 Å². The van der Waals surface area contributed by atoms with E-state index in [-0.39, 0.29) is 32.2 Å². The fourth-order valence-electron chi connectivity index (χ4n) is 5.45. The van der Waals surface area contributed by atoms with E-state index < -0.39 is 72.2 Å². The van der Waals surface area contributed by atoms with Crippen molar-refractivity contribution in [1.82, 2.24) is 20.9 Å². The predicted molar refractivity (Wildman–Crippen MR) is 172 cm³/mol. The molecule has 254 valence electrons. The number of hydrogen-bond donors (Lipinski definition) is 7. The third kappa shape index (κ3) is 11.5. The van der Waals surface area contributed by atoms with Crippen molar-refractivity contribution in [3.8, 4) is 0 Å². The van der Waals surface area contributed by atoms with Crippen LogP contribution in [0.4, 0.5) is 0 Å². The first kappa shape index (κ1) is 36.6. The van der Waals surface area contributed by atoms with Gasteiger partial charge in [-0.3, -0.25) is 24.0 Å². The van der Waals surface area contributed by atoms with Crippen molar-refractivity contribution in [1.29, 1.82) is 0 Å². The highest BCUT2D eigenvalue weighted by molar-refractivity contribution is 5.97. The third-order valence-electron chi connectivity index (χ3n) is 7.95. The van der Waals surface area contributed by atoms with E-state index in [1.807, 2.05) is 0 Å². The molecule has 9 N–H and O–H groups in total. The Labute approximate surface area is 273 Å². The van der Waals surface area contributed by atoms with Gasteiger partial charge in [-0.15, -0.1) is 0 Å². The number of hydrogen-bond acceptors (Lipinski definition) is 8. The average Bonchev–Trinajstić information content (AvgIpc) is 3.54. The number of carbonyl (C=O) groups excluding carboxylic acids is 4. The highest BCUT2D eigenvalue weighted by atomic mass is 16.4. The molecule has 0 saturated carbocycles. The topological polar surface area (TPSA) is 234 Å². The SMILES string of the molecule is NCCCC[C@H](N)C(=O)N[C@@H](CC(=O)O)C(=O)N[C@@H](Cc1ccccc1)C(=O)N1CCC[C@H]1C(=O)N[C@@H](Cc1ccccc1)C(=O)O. The maximum atomic E-state index is 14.0. The first-order valence-electron chi connectivity index (χ1n) is 15.7. The van der Waals surface area contributed by atoms with Crippen LogP contribution in [0.25, 0.3) is 0 Å². The van der Waals surface area contributed by atoms with Crippen LogP contribution in [0.2, 0.25) is 0 Å². The Hall–Kier alpha value is -4.82. The second-order valence-corrected chi connectivity index (χ2v) is 11.6. The molecule has 1 aliphatic heterocycles. The zero-order valence-electron chi connectivity index (χ0n) is 26.2. The van der Waals surface area contributed by atoms with Gasteiger partial charge in [0.1, 0.15) is 24.2 Å². The molecule has 14 nitrogen and oxygen atoms in total. The Morgan fingerprint density at radius 2 is 1.36 bits per heavy atom. The van der Waals surface area contributed by atoms with Gasteiger partial charge in [-0.2, -0.15) is 0 Å². The van der Waals surface area contributed by atoms with Crippen molar-refractivity contribution in [2.45, 2.75) is 81.6 Å². The molecule has 2 aromatic carbocycles. The summed E-state index contributed by atoms with van der Waals surface area (Å²) in [6.07, 6.45) is 1.53. The number of nitrogens with two attached hydrogens (primary N) is 2. The Balaban J connectivity index is 1.79. The third-order valence-corrected chi connectivity index (χ3v) is 7.95. The molecular formula is C33H44N6O8. The van der Waals surface area contributed by atoms with Crippen LogP contribution in [0.5, 0.6) is 0 Å². The van der Waals surface area contributed by atoms with E-state index in [4.69, 9.17) is 11.5 Å². The van der Waals surface area contributed by atoms with Crippen LogP contribution < -0.4 is 27.4 Å². The molecule has 1 fully saturated rings. The number of nitrogens with one attached hydrogen (secondary N) is 3. The second kappa shape index (κ2) is 18.4. The van der Waals surface area contributed by atoms with Crippen LogP contribution in [0.1, 0.15) is 49.7 Å². The van der Waals surface area contributed by atoms with Crippen LogP contribution >= 0.6 is 0 Å². The summed E-state index contributed by atoms with van der Waals surface area (Å²) in [5.41, 5.74) is 12.8. The molecule has 2 aromatic rings. The molecule has 1 saturated heterocycles. The van der Waals surface area contributed by atoms with Gasteiger partial charge in [-0.05, 0) is 43.4 Å². The number of nitrogens with zero attached hydrogens (tertiary/aromatic N) is 1. The lowest BCUT2D eigenvalue weighted by Crippen LogP contribution is -2.59. The van der Waals surface area contributed by atoms with Gasteiger partial charge in [0.15, 0.2) is 0 Å². The Bertz CT molecular complexity index is 1380. The van der Waals surface area contributed by atoms with Crippen molar-refractivity contribution >= 4 is 35.6 Å². The van der Waals surface area contributed by atoms with E-state index in [9.17, 15) is 39.0 Å². The van der Waals surface area contributed by atoms with E-state index in [1.165, 1.54) is 4.90 Å². The minimum absolute atomic E-state index is 0.00828. The largest absolute Gasteiger partial charge is 0.481 e. The van der Waals surface area contributed by atoms with Crippen molar-refractivity contribution < 1.29 is 39.0 Å². The molecule has 5 atom stereocenters. The maximum Gasteiger partial charge on any atom is 0.326 e. The van der Waals surface area contributed by atoms with Crippen LogP contribution in [0.15, 0.2) is 60.7 Å². The smallest absolute Gasteiger partial charge is 0.326 e. The average molecular weight is 653 g/mol. The van der Waals surface area contributed by atoms with Gasteiger partial charge in [-0.25, -0.2) is 4.79 Å². The summed E-state index contributed by atoms with van der Waals surface area (Å²) in [5.74, 6) is -5.43. The van der Waals surface area contributed by atoms with Gasteiger partial charge in [0.25, 0.3) is 0 Å². The zero-order chi connectivity index (χ0) is 34.3. The van der Waals surface area contributed by atoms with Crippen molar-refractivity contribution in [2.75, 3.05) is 13.1 Å². The number of amides is 4. The normalized spacial score (nSPS) is 16.7. The standard InChI is InChI=1S/C33H44N6O8/c34-16-8-7-14-23(35)29(42)36-24(20-28(40)41)30(43)37-25(18-21-10-3-1-4-11-21)32(45)39-17-9-15-27(39)31(44)38-26(33(46)47)19-22-12-5-2-6-13-22/h1-6,10-13,23-27H,7-9,14-20,34-35H2,(H,36,42)(H,37,43)(H,38,44)(H,40,41)(H,46,47)/t23-,24-,25-,26-,27-/m0/s1. The molecule has 1 aliphatic rings. The van der Waals surface area contributed by atoms with Gasteiger partial charge in [0, 0.05) is 19.4 Å². The molecule has 47 heavy (non-hydrogen) atoms. The summed E-state index contributed by atoms with van der Waals surface area (Å²) >= 11 is 0. The van der Waals surface area contributed by atoms with Crippen molar-refractivity contribution in [2.24, 2.45) is 11.5 Å². The molecule has 0 aliphatic carbocycles. The fraction of sp³-hybridized carbons (Fsp3) is 0.455. The molecule has 0 unspecified atom stereocenters. The van der Waals surface area contributed by atoms with Crippen LogP contribution in [0.3, 0.4) is 0 Å². The summed E-state index contributed by atoms with van der Waals surface area (Å²) in [4.78, 5) is 78.5. The highest BCUT2D eigenvalue weighted by Crippen LogP contribution is 2.20. The molecule has 1 heterocycles. The molecule has 3 rings (SSSR count). The molecular weight excluding hydrogens is 608 g/mol. The monoisotopic (exact) mass is 652 g/mol. The summed E-state index contributed by atoms with van der Waals surface area (Å²) in [6, 6.07) is 11.6. The molecule has 0 bridgehead atoms. The van der Waals surface area contributed by atoms with Gasteiger partial charge in [-0.1, -0.05) is 67.1 Å². The number of carboxylic acid groups (broad SMARTS) is 2. The Morgan fingerprint density at radius 1 is 0.787 bits per heavy atom. The molecule has 4 amide bonds. The van der Waals surface area contributed by atoms with E-state index in [2.05, 4.69) is 16.0 Å². The fourth-order valence-corrected chi connectivity index (χ4v) is 5.45. The number of aliphatic carboxylic acids is 2. The first-order chi connectivity index (χ1) is 22.5. The number of carboxylic acids is 2. The number of rotatable bonds is 18. The summed E-state index contributed by atoms with van der Waals surface area (Å²) in [7, 11) is 0. The van der Waals surface area contributed by atoms with E-state index >= 15 is 0 Å². The van der Waals surface area contributed by atoms with Crippen molar-refractivity contribution in [3.05, 3.63) is 71.8 Å². The summed E-state index contributed by atoms with van der Waals surface area (Å²) < 4.78 is 0. The summed E-state index contributed by atoms with van der Waals surface area (Å²) in [6.45, 7) is 0.601. The second-order valence-electron chi connectivity index (χ2n) is 11.6. The quantitative estimate of drug-likeness (QED) is 0.106. The lowest BCUT2D eigenvalue weighted by molar-refractivity contribution is -0.145. The lowest BCUT2D eigenvalue weighted by Gasteiger charge is -2.30. The zero-order valence-corrected chi connectivity index (χ0v) is 26.2. The van der Waals surface area contributed by atoms with Gasteiger partial charge < -0.3 is 42.5 Å². The molecule has 0 aromatic heterocycles. The van der Waals surface area contributed by atoms with E-state index in [0.29, 0.717) is 36.9 Å². The predicted octanol–water partition coefficient (Wildman–Crippen LogP) is -0.0672. The summed E-state index contributed by atoms with van der Waals surface area (Å²) in [5, 5.41) is 26.8.